The summed E-state index contributed by atoms with van der Waals surface area (Å²) in [5, 5.41) is 5.00. The third-order valence-corrected chi connectivity index (χ3v) is 3.59. The van der Waals surface area contributed by atoms with E-state index in [1.807, 2.05) is 47.2 Å². The zero-order chi connectivity index (χ0) is 12.4. The van der Waals surface area contributed by atoms with E-state index < -0.39 is 0 Å². The van der Waals surface area contributed by atoms with Gasteiger partial charge in [-0.2, -0.15) is 11.3 Å². The molecule has 0 amide bonds. The molecule has 3 aromatic rings. The lowest BCUT2D eigenvalue weighted by Gasteiger charge is -2.01. The number of ketones is 1. The van der Waals surface area contributed by atoms with Crippen LogP contribution in [-0.4, -0.2) is 10.8 Å². The van der Waals surface area contributed by atoms with Crippen LogP contribution < -0.4 is 0 Å². The van der Waals surface area contributed by atoms with Crippen molar-refractivity contribution < 1.29 is 4.79 Å². The van der Waals surface area contributed by atoms with Gasteiger partial charge in [0, 0.05) is 23.6 Å². The van der Waals surface area contributed by atoms with Crippen LogP contribution in [0.2, 0.25) is 0 Å². The van der Waals surface area contributed by atoms with Crippen molar-refractivity contribution >= 4 is 28.0 Å². The van der Waals surface area contributed by atoms with Crippen molar-refractivity contribution in [2.24, 2.45) is 0 Å². The number of pyridine rings is 1. The third-order valence-electron chi connectivity index (χ3n) is 2.86. The molecule has 3 heteroatoms. The molecule has 2 heterocycles. The Kier molecular flexibility index (Phi) is 2.90. The van der Waals surface area contributed by atoms with E-state index in [4.69, 9.17) is 0 Å². The predicted octanol–water partition coefficient (Wildman–Crippen LogP) is 3.72. The molecule has 0 saturated carbocycles. The number of Topliss-reactive ketones (excluding diaryl/α,β-unsaturated/α-hetero) is 1. The quantitative estimate of drug-likeness (QED) is 0.666. The van der Waals surface area contributed by atoms with E-state index in [1.54, 1.807) is 17.5 Å². The first-order valence-corrected chi connectivity index (χ1v) is 6.66. The van der Waals surface area contributed by atoms with Gasteiger partial charge in [-0.15, -0.1) is 0 Å². The highest BCUT2D eigenvalue weighted by atomic mass is 32.1. The highest BCUT2D eigenvalue weighted by Gasteiger charge is 2.08. The second-order valence-electron chi connectivity index (χ2n) is 4.15. The second kappa shape index (κ2) is 4.70. The van der Waals surface area contributed by atoms with Gasteiger partial charge in [0.05, 0.1) is 5.52 Å². The average molecular weight is 253 g/mol. The SMILES string of the molecule is O=C(Cc1ccsc1)c1cnc2ccccc2c1. The molecule has 0 aliphatic heterocycles. The van der Waals surface area contributed by atoms with Gasteiger partial charge in [-0.3, -0.25) is 9.78 Å². The van der Waals surface area contributed by atoms with Gasteiger partial charge >= 0.3 is 0 Å². The van der Waals surface area contributed by atoms with Crippen LogP contribution in [-0.2, 0) is 6.42 Å². The fourth-order valence-electron chi connectivity index (χ4n) is 1.90. The number of aromatic nitrogens is 1. The summed E-state index contributed by atoms with van der Waals surface area (Å²) in [4.78, 5) is 16.4. The van der Waals surface area contributed by atoms with Crippen LogP contribution in [0, 0.1) is 0 Å². The maximum atomic E-state index is 12.1. The van der Waals surface area contributed by atoms with Crippen molar-refractivity contribution in [1.82, 2.24) is 4.98 Å². The monoisotopic (exact) mass is 253 g/mol. The Morgan fingerprint density at radius 3 is 2.94 bits per heavy atom. The number of thiophene rings is 1. The first-order chi connectivity index (χ1) is 8.83. The van der Waals surface area contributed by atoms with E-state index in [2.05, 4.69) is 4.98 Å². The van der Waals surface area contributed by atoms with E-state index in [0.29, 0.717) is 12.0 Å². The second-order valence-corrected chi connectivity index (χ2v) is 4.93. The molecule has 1 aromatic carbocycles. The minimum absolute atomic E-state index is 0.117. The normalized spacial score (nSPS) is 10.7. The van der Waals surface area contributed by atoms with E-state index in [1.165, 1.54) is 0 Å². The molecule has 0 bridgehead atoms. The maximum absolute atomic E-state index is 12.1. The molecular formula is C15H11NOS. The lowest BCUT2D eigenvalue weighted by Crippen LogP contribution is -2.03. The summed E-state index contributed by atoms with van der Waals surface area (Å²) in [6, 6.07) is 11.7. The molecule has 0 saturated heterocycles. The molecule has 88 valence electrons. The van der Waals surface area contributed by atoms with E-state index in [-0.39, 0.29) is 5.78 Å². The minimum Gasteiger partial charge on any atom is -0.294 e. The van der Waals surface area contributed by atoms with Crippen molar-refractivity contribution in [2.75, 3.05) is 0 Å². The summed E-state index contributed by atoms with van der Waals surface area (Å²) in [5.41, 5.74) is 2.67. The van der Waals surface area contributed by atoms with Gasteiger partial charge in [-0.1, -0.05) is 18.2 Å². The van der Waals surface area contributed by atoms with Gasteiger partial charge in [0.2, 0.25) is 0 Å². The molecule has 0 atom stereocenters. The highest BCUT2D eigenvalue weighted by Crippen LogP contribution is 2.15. The largest absolute Gasteiger partial charge is 0.294 e. The molecule has 0 radical (unpaired) electrons. The number of carbonyl (C=O) groups excluding carboxylic acids is 1. The van der Waals surface area contributed by atoms with E-state index in [0.717, 1.165) is 16.5 Å². The fraction of sp³-hybridized carbons (Fsp3) is 0.0667. The zero-order valence-electron chi connectivity index (χ0n) is 9.67. The topological polar surface area (TPSA) is 30.0 Å². The van der Waals surface area contributed by atoms with Crippen molar-refractivity contribution in [2.45, 2.75) is 6.42 Å². The van der Waals surface area contributed by atoms with Crippen LogP contribution in [0.4, 0.5) is 0 Å². The maximum Gasteiger partial charge on any atom is 0.168 e. The number of benzene rings is 1. The molecule has 2 nitrogen and oxygen atoms in total. The van der Waals surface area contributed by atoms with Crippen LogP contribution in [0.3, 0.4) is 0 Å². The smallest absolute Gasteiger partial charge is 0.168 e. The summed E-state index contributed by atoms with van der Waals surface area (Å²) in [6.45, 7) is 0. The van der Waals surface area contributed by atoms with Crippen molar-refractivity contribution in [3.05, 3.63) is 64.5 Å². The van der Waals surface area contributed by atoms with E-state index in [9.17, 15) is 4.79 Å². The predicted molar refractivity (Wildman–Crippen MR) is 74.1 cm³/mol. The van der Waals surface area contributed by atoms with Crippen LogP contribution in [0.25, 0.3) is 10.9 Å². The molecule has 0 N–H and O–H groups in total. The molecule has 3 rings (SSSR count). The van der Waals surface area contributed by atoms with Gasteiger partial charge in [-0.05, 0) is 34.5 Å². The number of hydrogen-bond acceptors (Lipinski definition) is 3. The number of hydrogen-bond donors (Lipinski definition) is 0. The summed E-state index contributed by atoms with van der Waals surface area (Å²) < 4.78 is 0. The lowest BCUT2D eigenvalue weighted by atomic mass is 10.1. The van der Waals surface area contributed by atoms with Gasteiger partial charge in [0.15, 0.2) is 5.78 Å². The van der Waals surface area contributed by atoms with Gasteiger partial charge in [0.1, 0.15) is 0 Å². The standard InChI is InChI=1S/C15H11NOS/c17-15(7-11-5-6-18-10-11)13-8-12-3-1-2-4-14(12)16-9-13/h1-6,8-10H,7H2. The van der Waals surface area contributed by atoms with Crippen molar-refractivity contribution in [3.8, 4) is 0 Å². The molecular weight excluding hydrogens is 242 g/mol. The molecule has 0 fully saturated rings. The Balaban J connectivity index is 1.92. The minimum atomic E-state index is 0.117. The molecule has 18 heavy (non-hydrogen) atoms. The van der Waals surface area contributed by atoms with Gasteiger partial charge in [-0.25, -0.2) is 0 Å². The molecule has 0 unspecified atom stereocenters. The molecule has 2 aromatic heterocycles. The van der Waals surface area contributed by atoms with Crippen LogP contribution >= 0.6 is 11.3 Å². The summed E-state index contributed by atoms with van der Waals surface area (Å²) in [5.74, 6) is 0.117. The Labute approximate surface area is 109 Å². The van der Waals surface area contributed by atoms with E-state index >= 15 is 0 Å². The lowest BCUT2D eigenvalue weighted by molar-refractivity contribution is 0.0993. The van der Waals surface area contributed by atoms with Crippen LogP contribution in [0.15, 0.2) is 53.4 Å². The highest BCUT2D eigenvalue weighted by molar-refractivity contribution is 7.08. The van der Waals surface area contributed by atoms with Crippen molar-refractivity contribution in [1.29, 1.82) is 0 Å². The number of carbonyl (C=O) groups is 1. The number of fused-ring (bicyclic) bond motifs is 1. The average Bonchev–Trinajstić information content (AvgIpc) is 2.91. The summed E-state index contributed by atoms with van der Waals surface area (Å²) >= 11 is 1.61. The number of rotatable bonds is 3. The Hall–Kier alpha value is -2.00. The molecule has 0 aliphatic rings. The summed E-state index contributed by atoms with van der Waals surface area (Å²) in [7, 11) is 0. The van der Waals surface area contributed by atoms with Gasteiger partial charge in [0.25, 0.3) is 0 Å². The number of nitrogens with zero attached hydrogens (tertiary/aromatic N) is 1. The van der Waals surface area contributed by atoms with Crippen LogP contribution in [0.5, 0.6) is 0 Å². The molecule has 0 aliphatic carbocycles. The first kappa shape index (κ1) is 11.1. The Bertz CT molecular complexity index is 689. The number of para-hydroxylation sites is 1. The fourth-order valence-corrected chi connectivity index (χ4v) is 2.57. The zero-order valence-corrected chi connectivity index (χ0v) is 10.5. The molecule has 0 spiro atoms. The van der Waals surface area contributed by atoms with Gasteiger partial charge < -0.3 is 0 Å². The first-order valence-electron chi connectivity index (χ1n) is 5.72. The van der Waals surface area contributed by atoms with Crippen LogP contribution in [0.1, 0.15) is 15.9 Å². The summed E-state index contributed by atoms with van der Waals surface area (Å²) in [6.07, 6.45) is 2.11. The third kappa shape index (κ3) is 2.17. The van der Waals surface area contributed by atoms with Crippen molar-refractivity contribution in [3.63, 3.8) is 0 Å². The Morgan fingerprint density at radius 1 is 1.22 bits per heavy atom. The Morgan fingerprint density at radius 2 is 2.11 bits per heavy atom.